The van der Waals surface area contributed by atoms with E-state index in [2.05, 4.69) is 139 Å². The van der Waals surface area contributed by atoms with Gasteiger partial charge in [-0.25, -0.2) is 0 Å². The zero-order chi connectivity index (χ0) is 26.7. The summed E-state index contributed by atoms with van der Waals surface area (Å²) in [7, 11) is 0. The number of hydrogen-bond donors (Lipinski definition) is 0. The number of para-hydroxylation sites is 4. The van der Waals surface area contributed by atoms with Crippen LogP contribution in [0.25, 0.3) is 44.1 Å². The molecule has 0 atom stereocenters. The van der Waals surface area contributed by atoms with Gasteiger partial charge in [-0.1, -0.05) is 87.5 Å². The van der Waals surface area contributed by atoms with E-state index in [4.69, 9.17) is 4.42 Å². The molecule has 4 heteroatoms. The van der Waals surface area contributed by atoms with E-state index in [1.165, 1.54) is 66.5 Å². The number of nitrogens with zero attached hydrogens (tertiary/aromatic N) is 2. The second kappa shape index (κ2) is 7.48. The van der Waals surface area contributed by atoms with Crippen LogP contribution in [0.15, 0.2) is 114 Å². The number of anilines is 3. The number of fused-ring (bicyclic) bond motifs is 9. The summed E-state index contributed by atoms with van der Waals surface area (Å²) in [5.41, 5.74) is 14.6. The predicted molar refractivity (Wildman–Crippen MR) is 168 cm³/mol. The lowest BCUT2D eigenvalue weighted by molar-refractivity contribution is 0.590. The molecular formula is C36H27BN2O. The van der Waals surface area contributed by atoms with E-state index in [0.717, 1.165) is 11.2 Å². The Hall–Kier alpha value is -4.70. The minimum atomic E-state index is -0.00248. The molecule has 3 nitrogen and oxygen atoms in total. The molecular weight excluding hydrogens is 487 g/mol. The quantitative estimate of drug-likeness (QED) is 0.206. The fourth-order valence-corrected chi connectivity index (χ4v) is 7.12. The van der Waals surface area contributed by atoms with Gasteiger partial charge in [0.15, 0.2) is 5.58 Å². The van der Waals surface area contributed by atoms with Crippen molar-refractivity contribution in [3.05, 3.63) is 115 Å². The number of hydrogen-bond acceptors (Lipinski definition) is 2. The summed E-state index contributed by atoms with van der Waals surface area (Å²) in [6, 6.07) is 39.8. The van der Waals surface area contributed by atoms with E-state index in [-0.39, 0.29) is 12.3 Å². The van der Waals surface area contributed by atoms with Crippen molar-refractivity contribution < 1.29 is 4.42 Å². The maximum Gasteiger partial charge on any atom is 0.333 e. The van der Waals surface area contributed by atoms with E-state index in [0.29, 0.717) is 0 Å². The van der Waals surface area contributed by atoms with Crippen LogP contribution < -0.4 is 15.8 Å². The Balaban J connectivity index is 1.51. The standard InChI is InChI=1S/C36H27BN2O/c1-36(2,3)22-20-27-24-15-11-16-26-33(24)39(34-25-14-7-10-19-31(25)40-35(26)34)37-28-17-8-9-18-29(28)38(30(21-22)32(27)37)23-12-5-4-6-13-23/h4-21H,1-3H3. The Morgan fingerprint density at radius 2 is 1.40 bits per heavy atom. The topological polar surface area (TPSA) is 21.3 Å². The maximum absolute atomic E-state index is 6.60. The second-order valence-corrected chi connectivity index (χ2v) is 12.2. The fraction of sp³-hybridized carbons (Fsp3) is 0.111. The molecule has 2 aliphatic heterocycles. The highest BCUT2D eigenvalue weighted by Gasteiger charge is 2.43. The Morgan fingerprint density at radius 3 is 2.25 bits per heavy atom. The van der Waals surface area contributed by atoms with Crippen molar-refractivity contribution in [1.29, 1.82) is 0 Å². The summed E-state index contributed by atoms with van der Waals surface area (Å²) < 4.78 is 9.18. The van der Waals surface area contributed by atoms with Crippen molar-refractivity contribution in [3.63, 3.8) is 0 Å². The van der Waals surface area contributed by atoms with Crippen LogP contribution in [-0.4, -0.2) is 11.3 Å². The third-order valence-corrected chi connectivity index (χ3v) is 8.91. The van der Waals surface area contributed by atoms with E-state index in [1.807, 2.05) is 0 Å². The summed E-state index contributed by atoms with van der Waals surface area (Å²) in [6.07, 6.45) is 0. The minimum absolute atomic E-state index is 0.00248. The molecule has 0 saturated heterocycles. The fourth-order valence-electron chi connectivity index (χ4n) is 7.12. The summed E-state index contributed by atoms with van der Waals surface area (Å²) in [5, 5.41) is 2.35. The van der Waals surface area contributed by atoms with Crippen LogP contribution in [0.5, 0.6) is 0 Å². The van der Waals surface area contributed by atoms with Crippen LogP contribution in [-0.2, 0) is 5.41 Å². The van der Waals surface area contributed by atoms with Crippen molar-refractivity contribution in [2.75, 3.05) is 4.90 Å². The molecule has 0 saturated carbocycles. The Bertz CT molecular complexity index is 2160. The molecule has 0 aliphatic carbocycles. The van der Waals surface area contributed by atoms with Crippen LogP contribution in [0.4, 0.5) is 17.1 Å². The van der Waals surface area contributed by atoms with E-state index in [1.54, 1.807) is 0 Å². The van der Waals surface area contributed by atoms with Gasteiger partial charge in [0.1, 0.15) is 5.58 Å². The molecule has 0 unspecified atom stereocenters. The monoisotopic (exact) mass is 514 g/mol. The molecule has 2 aromatic heterocycles. The molecule has 0 spiro atoms. The van der Waals surface area contributed by atoms with Gasteiger partial charge in [0.05, 0.1) is 5.52 Å². The molecule has 0 fully saturated rings. The molecule has 190 valence electrons. The molecule has 7 aromatic rings. The van der Waals surface area contributed by atoms with Crippen LogP contribution in [0.2, 0.25) is 0 Å². The molecule has 0 N–H and O–H groups in total. The minimum Gasteiger partial charge on any atom is -0.454 e. The largest absolute Gasteiger partial charge is 0.454 e. The van der Waals surface area contributed by atoms with E-state index < -0.39 is 0 Å². The number of rotatable bonds is 1. The lowest BCUT2D eigenvalue weighted by atomic mass is 9.45. The summed E-state index contributed by atoms with van der Waals surface area (Å²) in [5.74, 6) is 0. The molecule has 9 rings (SSSR count). The zero-order valence-corrected chi connectivity index (χ0v) is 22.8. The van der Waals surface area contributed by atoms with Crippen LogP contribution in [0, 0.1) is 0 Å². The smallest absolute Gasteiger partial charge is 0.333 e. The highest BCUT2D eigenvalue weighted by Crippen LogP contribution is 2.47. The molecule has 0 bridgehead atoms. The van der Waals surface area contributed by atoms with Crippen molar-refractivity contribution in [2.24, 2.45) is 0 Å². The van der Waals surface area contributed by atoms with E-state index >= 15 is 0 Å². The third-order valence-electron chi connectivity index (χ3n) is 8.91. The highest BCUT2D eigenvalue weighted by molar-refractivity contribution is 6.90. The highest BCUT2D eigenvalue weighted by atomic mass is 16.3. The summed E-state index contributed by atoms with van der Waals surface area (Å²) in [6.45, 7) is 6.97. The van der Waals surface area contributed by atoms with Crippen molar-refractivity contribution in [1.82, 2.24) is 4.48 Å². The average molecular weight is 514 g/mol. The Labute approximate surface area is 233 Å². The van der Waals surface area contributed by atoms with Gasteiger partial charge in [-0.15, -0.1) is 0 Å². The third kappa shape index (κ3) is 2.71. The molecule has 2 aliphatic rings. The van der Waals surface area contributed by atoms with Crippen LogP contribution in [0.1, 0.15) is 26.3 Å². The number of aromatic nitrogens is 1. The van der Waals surface area contributed by atoms with Crippen LogP contribution >= 0.6 is 0 Å². The lowest BCUT2D eigenvalue weighted by Gasteiger charge is -2.41. The first-order valence-electron chi connectivity index (χ1n) is 14.1. The van der Waals surface area contributed by atoms with Gasteiger partial charge in [0, 0.05) is 38.9 Å². The Kier molecular flexibility index (Phi) is 4.15. The van der Waals surface area contributed by atoms with E-state index in [9.17, 15) is 0 Å². The van der Waals surface area contributed by atoms with Crippen molar-refractivity contribution in [2.45, 2.75) is 26.2 Å². The summed E-state index contributed by atoms with van der Waals surface area (Å²) >= 11 is 0. The van der Waals surface area contributed by atoms with Gasteiger partial charge < -0.3 is 13.8 Å². The van der Waals surface area contributed by atoms with Crippen molar-refractivity contribution >= 4 is 67.8 Å². The molecule has 4 heterocycles. The molecule has 5 aromatic carbocycles. The SMILES string of the molecule is CC(C)(C)c1cc2c3c(c1)N(c1ccccc1)c1ccccc1B3n1c3c-2cccc3c2oc3ccccc3c21. The molecule has 40 heavy (non-hydrogen) atoms. The predicted octanol–water partition coefficient (Wildman–Crippen LogP) is 8.26. The zero-order valence-electron chi connectivity index (χ0n) is 22.8. The van der Waals surface area contributed by atoms with Crippen molar-refractivity contribution in [3.8, 4) is 11.1 Å². The number of furan rings is 1. The van der Waals surface area contributed by atoms with Gasteiger partial charge >= 0.3 is 6.85 Å². The van der Waals surface area contributed by atoms with Gasteiger partial charge in [0.2, 0.25) is 0 Å². The molecule has 0 radical (unpaired) electrons. The Morgan fingerprint density at radius 1 is 0.650 bits per heavy atom. The van der Waals surface area contributed by atoms with Gasteiger partial charge in [0.25, 0.3) is 0 Å². The number of benzene rings is 5. The normalized spacial score (nSPS) is 13.8. The van der Waals surface area contributed by atoms with Crippen LogP contribution in [0.3, 0.4) is 0 Å². The summed E-state index contributed by atoms with van der Waals surface area (Å²) in [4.78, 5) is 2.47. The lowest BCUT2D eigenvalue weighted by Crippen LogP contribution is -2.56. The van der Waals surface area contributed by atoms with Gasteiger partial charge in [-0.3, -0.25) is 0 Å². The first-order chi connectivity index (χ1) is 19.5. The first kappa shape index (κ1) is 22.2. The maximum atomic E-state index is 6.60. The molecule has 0 amide bonds. The van der Waals surface area contributed by atoms with Gasteiger partial charge in [-0.2, -0.15) is 0 Å². The first-order valence-corrected chi connectivity index (χ1v) is 14.1. The second-order valence-electron chi connectivity index (χ2n) is 12.2. The average Bonchev–Trinajstić information content (AvgIpc) is 3.51. The van der Waals surface area contributed by atoms with Gasteiger partial charge in [-0.05, 0) is 69.9 Å².